The second kappa shape index (κ2) is 11.9. The zero-order valence-corrected chi connectivity index (χ0v) is 23.9. The number of amides is 1. The van der Waals surface area contributed by atoms with E-state index >= 15 is 0 Å². The van der Waals surface area contributed by atoms with Crippen LogP contribution in [0.15, 0.2) is 65.6 Å². The Morgan fingerprint density at radius 1 is 0.821 bits per heavy atom. The monoisotopic (exact) mass is 609 g/mol. The predicted molar refractivity (Wildman–Crippen MR) is 150 cm³/mol. The van der Waals surface area contributed by atoms with E-state index in [1.165, 1.54) is 24.3 Å². The summed E-state index contributed by atoms with van der Waals surface area (Å²) in [6.07, 6.45) is 0. The number of fused-ring (bicyclic) bond motifs is 1. The summed E-state index contributed by atoms with van der Waals surface area (Å²) in [7, 11) is -4.01. The van der Waals surface area contributed by atoms with Gasteiger partial charge in [-0.25, -0.2) is 8.42 Å². The van der Waals surface area contributed by atoms with Crippen molar-refractivity contribution in [1.82, 2.24) is 14.1 Å². The van der Waals surface area contributed by atoms with Gasteiger partial charge in [0.15, 0.2) is 11.5 Å². The van der Waals surface area contributed by atoms with Crippen molar-refractivity contribution in [3.63, 3.8) is 0 Å². The van der Waals surface area contributed by atoms with Crippen LogP contribution in [0.1, 0.15) is 11.1 Å². The van der Waals surface area contributed by atoms with Crippen LogP contribution in [-0.4, -0.2) is 67.9 Å². The fourth-order valence-corrected chi connectivity index (χ4v) is 6.35. The summed E-state index contributed by atoms with van der Waals surface area (Å²) in [6, 6.07) is 16.7. The molecule has 2 heterocycles. The van der Waals surface area contributed by atoms with Crippen molar-refractivity contribution >= 4 is 50.7 Å². The minimum Gasteiger partial charge on any atom is -0.454 e. The highest BCUT2D eigenvalue weighted by Gasteiger charge is 2.30. The fraction of sp³-hybridized carbons (Fsp3) is 0.296. The molecule has 3 aromatic rings. The second-order valence-electron chi connectivity index (χ2n) is 9.32. The molecule has 0 bridgehead atoms. The van der Waals surface area contributed by atoms with E-state index in [0.717, 1.165) is 21.4 Å². The smallest absolute Gasteiger partial charge is 0.243 e. The molecule has 1 saturated heterocycles. The van der Waals surface area contributed by atoms with Gasteiger partial charge in [0.25, 0.3) is 0 Å². The average molecular weight is 611 g/mol. The number of carbonyl (C=O) groups is 1. The number of halogens is 3. The zero-order valence-electron chi connectivity index (χ0n) is 20.9. The highest BCUT2D eigenvalue weighted by atomic mass is 35.5. The minimum absolute atomic E-state index is 0.0440. The number of carbonyl (C=O) groups excluding carboxylic acids is 1. The molecule has 12 heteroatoms. The van der Waals surface area contributed by atoms with Crippen LogP contribution in [0.25, 0.3) is 0 Å². The minimum atomic E-state index is -4.01. The third-order valence-corrected chi connectivity index (χ3v) is 9.47. The maximum Gasteiger partial charge on any atom is 0.243 e. The van der Waals surface area contributed by atoms with Crippen molar-refractivity contribution in [1.29, 1.82) is 0 Å². The van der Waals surface area contributed by atoms with Gasteiger partial charge in [0.2, 0.25) is 22.7 Å². The van der Waals surface area contributed by atoms with E-state index in [-0.39, 0.29) is 30.7 Å². The number of ether oxygens (including phenoxy) is 2. The third-order valence-electron chi connectivity index (χ3n) is 6.67. The fourth-order valence-electron chi connectivity index (χ4n) is 4.53. The van der Waals surface area contributed by atoms with Crippen molar-refractivity contribution in [2.24, 2.45) is 0 Å². The SMILES string of the molecule is O=C(CN(Cc1ccc(Cl)c(Cl)c1)S(=O)(=O)c1ccc(Cl)cc1)N1CCN(Cc2ccc3c(c2)OCO3)CC1. The number of piperazine rings is 1. The van der Waals surface area contributed by atoms with Crippen molar-refractivity contribution in [2.45, 2.75) is 18.0 Å². The largest absolute Gasteiger partial charge is 0.454 e. The van der Waals surface area contributed by atoms with Crippen LogP contribution in [-0.2, 0) is 27.9 Å². The Labute approximate surface area is 242 Å². The van der Waals surface area contributed by atoms with Gasteiger partial charge in [0.05, 0.1) is 21.5 Å². The molecule has 8 nitrogen and oxygen atoms in total. The lowest BCUT2D eigenvalue weighted by Crippen LogP contribution is -2.51. The lowest BCUT2D eigenvalue weighted by Gasteiger charge is -2.35. The van der Waals surface area contributed by atoms with Crippen molar-refractivity contribution in [3.8, 4) is 11.5 Å². The quantitative estimate of drug-likeness (QED) is 0.361. The molecule has 0 N–H and O–H groups in total. The van der Waals surface area contributed by atoms with Crippen LogP contribution < -0.4 is 9.47 Å². The first kappa shape index (κ1) is 28.0. The number of sulfonamides is 1. The van der Waals surface area contributed by atoms with Crippen LogP contribution in [0, 0.1) is 0 Å². The maximum atomic E-state index is 13.6. The van der Waals surface area contributed by atoms with Gasteiger partial charge in [-0.05, 0) is 59.7 Å². The molecule has 39 heavy (non-hydrogen) atoms. The summed E-state index contributed by atoms with van der Waals surface area (Å²) in [5, 5.41) is 1.09. The maximum absolute atomic E-state index is 13.6. The van der Waals surface area contributed by atoms with E-state index in [9.17, 15) is 13.2 Å². The van der Waals surface area contributed by atoms with Crippen LogP contribution >= 0.6 is 34.8 Å². The lowest BCUT2D eigenvalue weighted by atomic mass is 10.1. The molecule has 0 unspecified atom stereocenters. The van der Waals surface area contributed by atoms with E-state index in [1.807, 2.05) is 18.2 Å². The van der Waals surface area contributed by atoms with Gasteiger partial charge in [-0.2, -0.15) is 4.31 Å². The molecule has 1 fully saturated rings. The molecular weight excluding hydrogens is 585 g/mol. The summed E-state index contributed by atoms with van der Waals surface area (Å²) in [5.41, 5.74) is 1.71. The number of nitrogens with zero attached hydrogens (tertiary/aromatic N) is 3. The van der Waals surface area contributed by atoms with Gasteiger partial charge in [0.1, 0.15) is 0 Å². The normalized spacial score (nSPS) is 15.6. The van der Waals surface area contributed by atoms with Gasteiger partial charge in [-0.1, -0.05) is 46.9 Å². The van der Waals surface area contributed by atoms with Crippen LogP contribution in [0.3, 0.4) is 0 Å². The number of hydrogen-bond acceptors (Lipinski definition) is 6. The predicted octanol–water partition coefficient (Wildman–Crippen LogP) is 4.91. The summed E-state index contributed by atoms with van der Waals surface area (Å²) >= 11 is 18.2. The van der Waals surface area contributed by atoms with Gasteiger partial charge in [0, 0.05) is 44.3 Å². The Morgan fingerprint density at radius 2 is 1.51 bits per heavy atom. The van der Waals surface area contributed by atoms with Crippen LogP contribution in [0.2, 0.25) is 15.1 Å². The Balaban J connectivity index is 1.26. The first-order valence-corrected chi connectivity index (χ1v) is 14.8. The van der Waals surface area contributed by atoms with Gasteiger partial charge >= 0.3 is 0 Å². The number of benzene rings is 3. The Kier molecular flexibility index (Phi) is 8.56. The van der Waals surface area contributed by atoms with E-state index in [2.05, 4.69) is 4.90 Å². The van der Waals surface area contributed by atoms with Crippen molar-refractivity contribution in [3.05, 3.63) is 86.9 Å². The average Bonchev–Trinajstić information content (AvgIpc) is 3.39. The molecule has 1 amide bonds. The Bertz CT molecular complexity index is 1460. The lowest BCUT2D eigenvalue weighted by molar-refractivity contribution is -0.133. The van der Waals surface area contributed by atoms with Crippen LogP contribution in [0.4, 0.5) is 0 Å². The summed E-state index contributed by atoms with van der Waals surface area (Å²) in [5.74, 6) is 1.22. The zero-order chi connectivity index (χ0) is 27.6. The molecule has 2 aliphatic rings. The van der Waals surface area contributed by atoms with Gasteiger partial charge < -0.3 is 14.4 Å². The molecule has 5 rings (SSSR count). The standard InChI is InChI=1S/C27H26Cl3N3O5S/c28-21-3-5-22(6-4-21)39(35,36)33(16-19-1-7-23(29)24(30)13-19)17-27(34)32-11-9-31(10-12-32)15-20-2-8-25-26(14-20)38-18-37-25/h1-8,13-14H,9-12,15-18H2. The first-order valence-electron chi connectivity index (χ1n) is 12.3. The highest BCUT2D eigenvalue weighted by molar-refractivity contribution is 7.89. The molecule has 0 atom stereocenters. The molecule has 0 aromatic heterocycles. The number of rotatable bonds is 8. The first-order chi connectivity index (χ1) is 18.7. The van der Waals surface area contributed by atoms with E-state index in [4.69, 9.17) is 44.3 Å². The van der Waals surface area contributed by atoms with Gasteiger partial charge in [-0.3, -0.25) is 9.69 Å². The molecule has 2 aliphatic heterocycles. The Hall–Kier alpha value is -2.53. The summed E-state index contributed by atoms with van der Waals surface area (Å²) in [4.78, 5) is 17.3. The van der Waals surface area contributed by atoms with Crippen molar-refractivity contribution in [2.75, 3.05) is 39.5 Å². The van der Waals surface area contributed by atoms with Gasteiger partial charge in [-0.15, -0.1) is 0 Å². The highest BCUT2D eigenvalue weighted by Crippen LogP contribution is 2.33. The molecule has 0 saturated carbocycles. The molecule has 206 valence electrons. The molecule has 0 radical (unpaired) electrons. The Morgan fingerprint density at radius 3 is 2.23 bits per heavy atom. The van der Waals surface area contributed by atoms with E-state index in [1.54, 1.807) is 23.1 Å². The summed E-state index contributed by atoms with van der Waals surface area (Å²) < 4.78 is 39.2. The van der Waals surface area contributed by atoms with Crippen LogP contribution in [0.5, 0.6) is 11.5 Å². The van der Waals surface area contributed by atoms with Crippen molar-refractivity contribution < 1.29 is 22.7 Å². The second-order valence-corrected chi connectivity index (χ2v) is 12.5. The number of hydrogen-bond donors (Lipinski definition) is 0. The molecule has 0 aliphatic carbocycles. The summed E-state index contributed by atoms with van der Waals surface area (Å²) in [6.45, 7) is 2.90. The van der Waals surface area contributed by atoms with E-state index in [0.29, 0.717) is 53.4 Å². The molecular formula is C27H26Cl3N3O5S. The molecule has 0 spiro atoms. The molecule has 3 aromatic carbocycles. The topological polar surface area (TPSA) is 79.4 Å². The third kappa shape index (κ3) is 6.62. The van der Waals surface area contributed by atoms with E-state index < -0.39 is 10.0 Å².